The van der Waals surface area contributed by atoms with Gasteiger partial charge in [0.25, 0.3) is 5.91 Å². The highest BCUT2D eigenvalue weighted by molar-refractivity contribution is 6.02. The van der Waals surface area contributed by atoms with Crippen LogP contribution in [0.5, 0.6) is 0 Å². The Morgan fingerprint density at radius 2 is 2.17 bits per heavy atom. The second-order valence-corrected chi connectivity index (χ2v) is 9.58. The molecule has 2 aliphatic rings. The number of anilines is 1. The summed E-state index contributed by atoms with van der Waals surface area (Å²) < 4.78 is 41.5. The average Bonchev–Trinajstić information content (AvgIpc) is 3.41. The van der Waals surface area contributed by atoms with Gasteiger partial charge in [-0.1, -0.05) is 6.07 Å². The van der Waals surface area contributed by atoms with Crippen molar-refractivity contribution >= 4 is 22.8 Å². The highest BCUT2D eigenvalue weighted by atomic mass is 19.4. The monoisotopic (exact) mass is 488 g/mol. The summed E-state index contributed by atoms with van der Waals surface area (Å²) in [4.78, 5) is 25.7. The first-order chi connectivity index (χ1) is 16.6. The molecule has 0 bridgehead atoms. The van der Waals surface area contributed by atoms with Crippen LogP contribution in [0.15, 0.2) is 30.6 Å². The van der Waals surface area contributed by atoms with Crippen LogP contribution in [0, 0.1) is 0 Å². The molecule has 0 radical (unpaired) electrons. The van der Waals surface area contributed by atoms with Crippen molar-refractivity contribution in [2.45, 2.75) is 44.0 Å². The van der Waals surface area contributed by atoms with Gasteiger partial charge in [-0.25, -0.2) is 9.97 Å². The molecule has 4 N–H and O–H groups in total. The third kappa shape index (κ3) is 4.83. The van der Waals surface area contributed by atoms with Crippen LogP contribution in [0.1, 0.15) is 42.1 Å². The first kappa shape index (κ1) is 23.6. The predicted molar refractivity (Wildman–Crippen MR) is 125 cm³/mol. The van der Waals surface area contributed by atoms with Gasteiger partial charge >= 0.3 is 6.18 Å². The maximum absolute atomic E-state index is 13.8. The molecule has 2 fully saturated rings. The second kappa shape index (κ2) is 8.80. The molecule has 1 amide bonds. The predicted octanol–water partition coefficient (Wildman–Crippen LogP) is 3.40. The van der Waals surface area contributed by atoms with Gasteiger partial charge in [-0.15, -0.1) is 0 Å². The van der Waals surface area contributed by atoms with Crippen molar-refractivity contribution in [2.75, 3.05) is 31.5 Å². The molecule has 186 valence electrons. The Bertz CT molecular complexity index is 1250. The number of aromatic amines is 1. The summed E-state index contributed by atoms with van der Waals surface area (Å²) in [6, 6.07) is 4.88. The largest absolute Gasteiger partial charge is 0.419 e. The van der Waals surface area contributed by atoms with E-state index in [1.54, 1.807) is 30.0 Å². The fourth-order valence-corrected chi connectivity index (χ4v) is 4.78. The molecule has 35 heavy (non-hydrogen) atoms. The molecular weight excluding hydrogens is 461 g/mol. The lowest BCUT2D eigenvalue weighted by atomic mass is 10.0. The molecule has 11 heteroatoms. The summed E-state index contributed by atoms with van der Waals surface area (Å²) in [5.74, 6) is -0.0876. The molecule has 0 saturated carbocycles. The van der Waals surface area contributed by atoms with E-state index in [2.05, 4.69) is 25.6 Å². The normalized spacial score (nSPS) is 23.1. The minimum absolute atomic E-state index is 0.0382. The van der Waals surface area contributed by atoms with E-state index in [1.807, 2.05) is 0 Å². The first-order valence-electron chi connectivity index (χ1n) is 11.7. The number of aliphatic hydroxyl groups is 1. The van der Waals surface area contributed by atoms with Crippen molar-refractivity contribution in [3.63, 3.8) is 0 Å². The van der Waals surface area contributed by atoms with E-state index in [0.717, 1.165) is 25.6 Å². The molecule has 0 aliphatic carbocycles. The third-order valence-corrected chi connectivity index (χ3v) is 6.65. The summed E-state index contributed by atoms with van der Waals surface area (Å²) in [5, 5.41) is 17.1. The number of carbonyl (C=O) groups excluding carboxylic acids is 1. The minimum atomic E-state index is -4.63. The van der Waals surface area contributed by atoms with Gasteiger partial charge in [0, 0.05) is 60.1 Å². The summed E-state index contributed by atoms with van der Waals surface area (Å²) in [6.07, 6.45) is -0.00595. The quantitative estimate of drug-likeness (QED) is 0.449. The number of amides is 1. The highest BCUT2D eigenvalue weighted by Gasteiger charge is 2.37. The van der Waals surface area contributed by atoms with Crippen LogP contribution in [-0.4, -0.2) is 68.7 Å². The van der Waals surface area contributed by atoms with Crippen LogP contribution in [0.3, 0.4) is 0 Å². The average molecular weight is 489 g/mol. The third-order valence-electron chi connectivity index (χ3n) is 6.65. The number of nitrogens with one attached hydrogen (secondary N) is 3. The summed E-state index contributed by atoms with van der Waals surface area (Å²) in [6.45, 7) is 3.98. The maximum atomic E-state index is 13.8. The topological polar surface area (TPSA) is 106 Å². The number of H-pyrrole nitrogens is 1. The van der Waals surface area contributed by atoms with E-state index in [4.69, 9.17) is 0 Å². The molecule has 4 heterocycles. The Hall–Kier alpha value is -3.18. The Labute approximate surface area is 199 Å². The van der Waals surface area contributed by atoms with Crippen LogP contribution in [0.2, 0.25) is 0 Å². The number of hydrogen-bond donors (Lipinski definition) is 4. The molecule has 1 aromatic carbocycles. The number of alkyl halides is 3. The van der Waals surface area contributed by atoms with Crippen LogP contribution in [0.4, 0.5) is 19.1 Å². The van der Waals surface area contributed by atoms with Crippen molar-refractivity contribution in [3.05, 3.63) is 41.7 Å². The van der Waals surface area contributed by atoms with Gasteiger partial charge < -0.3 is 25.6 Å². The lowest BCUT2D eigenvalue weighted by Crippen LogP contribution is -2.38. The Balaban J connectivity index is 1.49. The van der Waals surface area contributed by atoms with Gasteiger partial charge in [-0.3, -0.25) is 4.79 Å². The Morgan fingerprint density at radius 3 is 2.86 bits per heavy atom. The van der Waals surface area contributed by atoms with Crippen LogP contribution >= 0.6 is 0 Å². The van der Waals surface area contributed by atoms with Crippen molar-refractivity contribution in [3.8, 4) is 11.3 Å². The minimum Gasteiger partial charge on any atom is -0.388 e. The SMILES string of the molecule is C[C@]1(O)CCN(C(=O)c2ccc3c(-c4nc(N[C@H]5CCCNC5)ncc4C(F)(F)F)c[nH]c3c2)C1. The fourth-order valence-electron chi connectivity index (χ4n) is 4.78. The number of halogens is 3. The zero-order chi connectivity index (χ0) is 24.8. The van der Waals surface area contributed by atoms with E-state index in [-0.39, 0.29) is 35.7 Å². The molecule has 0 spiro atoms. The molecule has 0 unspecified atom stereocenters. The number of piperidine rings is 1. The Kier molecular flexibility index (Phi) is 5.92. The maximum Gasteiger partial charge on any atom is 0.419 e. The smallest absolute Gasteiger partial charge is 0.388 e. The van der Waals surface area contributed by atoms with E-state index < -0.39 is 17.3 Å². The lowest BCUT2D eigenvalue weighted by Gasteiger charge is -2.24. The van der Waals surface area contributed by atoms with E-state index in [1.165, 1.54) is 6.20 Å². The molecule has 2 aliphatic heterocycles. The molecule has 5 rings (SSSR count). The van der Waals surface area contributed by atoms with Crippen LogP contribution < -0.4 is 10.6 Å². The number of fused-ring (bicyclic) bond motifs is 1. The van der Waals surface area contributed by atoms with Gasteiger partial charge in [0.2, 0.25) is 5.95 Å². The van der Waals surface area contributed by atoms with Gasteiger partial charge in [0.05, 0.1) is 11.3 Å². The summed E-state index contributed by atoms with van der Waals surface area (Å²) >= 11 is 0. The zero-order valence-corrected chi connectivity index (χ0v) is 19.2. The number of hydrogen-bond acceptors (Lipinski definition) is 6. The first-order valence-corrected chi connectivity index (χ1v) is 11.7. The Morgan fingerprint density at radius 1 is 1.34 bits per heavy atom. The number of β-amino-alcohol motifs (C(OH)–C–C–N with tert-alkyl or cyclic N) is 1. The molecule has 2 saturated heterocycles. The molecule has 8 nitrogen and oxygen atoms in total. The van der Waals surface area contributed by atoms with Gasteiger partial charge in [0.1, 0.15) is 5.56 Å². The van der Waals surface area contributed by atoms with Gasteiger partial charge in [-0.05, 0) is 44.9 Å². The number of rotatable bonds is 4. The van der Waals surface area contributed by atoms with Crippen LogP contribution in [-0.2, 0) is 6.18 Å². The second-order valence-electron chi connectivity index (χ2n) is 9.58. The van der Waals surface area contributed by atoms with Crippen molar-refractivity contribution < 1.29 is 23.1 Å². The lowest BCUT2D eigenvalue weighted by molar-refractivity contribution is -0.137. The molecule has 2 atom stereocenters. The number of carbonyl (C=O) groups is 1. The molecule has 2 aromatic heterocycles. The number of likely N-dealkylation sites (tertiary alicyclic amines) is 1. The van der Waals surface area contributed by atoms with Crippen molar-refractivity contribution in [1.82, 2.24) is 25.2 Å². The van der Waals surface area contributed by atoms with E-state index >= 15 is 0 Å². The van der Waals surface area contributed by atoms with Gasteiger partial charge in [-0.2, -0.15) is 13.2 Å². The fraction of sp³-hybridized carbons (Fsp3) is 0.458. The number of benzene rings is 1. The van der Waals surface area contributed by atoms with Crippen molar-refractivity contribution in [2.24, 2.45) is 0 Å². The number of nitrogens with zero attached hydrogens (tertiary/aromatic N) is 3. The van der Waals surface area contributed by atoms with Gasteiger partial charge in [0.15, 0.2) is 0 Å². The summed E-state index contributed by atoms with van der Waals surface area (Å²) in [5.41, 5.74) is -0.865. The highest BCUT2D eigenvalue weighted by Crippen LogP contribution is 2.39. The standard InChI is InChI=1S/C24H27F3N6O2/c1-23(35)6-8-33(13-23)21(34)14-4-5-16-17(11-29-19(16)9-14)20-18(24(25,26)27)12-30-22(32-20)31-15-3-2-7-28-10-15/h4-5,9,11-12,15,28-29,35H,2-3,6-8,10,13H2,1H3,(H,30,31,32)/t15-,23-/m0/s1. The van der Waals surface area contributed by atoms with Crippen LogP contribution in [0.25, 0.3) is 22.2 Å². The van der Waals surface area contributed by atoms with E-state index in [0.29, 0.717) is 36.0 Å². The summed E-state index contributed by atoms with van der Waals surface area (Å²) in [7, 11) is 0. The van der Waals surface area contributed by atoms with Crippen molar-refractivity contribution in [1.29, 1.82) is 0 Å². The van der Waals surface area contributed by atoms with E-state index in [9.17, 15) is 23.1 Å². The number of aromatic nitrogens is 3. The zero-order valence-electron chi connectivity index (χ0n) is 19.2. The molecule has 3 aromatic rings. The molecular formula is C24H27F3N6O2.